The number of carbonyl (C=O) groups excluding carboxylic acids is 2. The highest BCUT2D eigenvalue weighted by atomic mass is 16.5. The summed E-state index contributed by atoms with van der Waals surface area (Å²) in [6.45, 7) is 4.36. The van der Waals surface area contributed by atoms with E-state index in [-0.39, 0.29) is 0 Å². The van der Waals surface area contributed by atoms with E-state index in [1.165, 1.54) is 13.8 Å². The van der Waals surface area contributed by atoms with Crippen LogP contribution < -0.4 is 5.73 Å². The van der Waals surface area contributed by atoms with E-state index in [0.717, 1.165) is 0 Å². The molecule has 0 aromatic rings. The molecule has 0 amide bonds. The molecule has 0 saturated carbocycles. The zero-order valence-corrected chi connectivity index (χ0v) is 6.96. The zero-order chi connectivity index (χ0) is 9.07. The molecule has 11 heavy (non-hydrogen) atoms. The minimum absolute atomic E-state index is 0.434. The molecule has 0 aromatic carbocycles. The van der Waals surface area contributed by atoms with Gasteiger partial charge >= 0.3 is 5.97 Å². The van der Waals surface area contributed by atoms with Crippen LogP contribution in [0.25, 0.3) is 0 Å². The summed E-state index contributed by atoms with van der Waals surface area (Å²) in [4.78, 5) is 20.8. The summed E-state index contributed by atoms with van der Waals surface area (Å²) in [7, 11) is 0. The largest absolute Gasteiger partial charge is 0.460 e. The molecule has 0 aliphatic heterocycles. The van der Waals surface area contributed by atoms with Gasteiger partial charge < -0.3 is 15.3 Å². The fourth-order valence-electron chi connectivity index (χ4n) is 0.472. The highest BCUT2D eigenvalue weighted by Gasteiger charge is 2.28. The van der Waals surface area contributed by atoms with Crippen molar-refractivity contribution in [3.63, 3.8) is 0 Å². The lowest BCUT2D eigenvalue weighted by Crippen LogP contribution is -2.49. The SMILES string of the molecule is CC(=O)O[C@H](C)[C@@](C)(N)C=O. The topological polar surface area (TPSA) is 69.4 Å². The lowest BCUT2D eigenvalue weighted by molar-refractivity contribution is -0.149. The summed E-state index contributed by atoms with van der Waals surface area (Å²) >= 11 is 0. The lowest BCUT2D eigenvalue weighted by Gasteiger charge is -2.24. The predicted octanol–water partition coefficient (Wildman–Crippen LogP) is -0.146. The Morgan fingerprint density at radius 1 is 1.73 bits per heavy atom. The summed E-state index contributed by atoms with van der Waals surface area (Å²) in [5.74, 6) is -0.434. The first-order chi connectivity index (χ1) is 4.90. The number of hydrogen-bond donors (Lipinski definition) is 1. The average molecular weight is 159 g/mol. The number of ether oxygens (including phenoxy) is 1. The maximum Gasteiger partial charge on any atom is 0.302 e. The molecule has 64 valence electrons. The van der Waals surface area contributed by atoms with Crippen molar-refractivity contribution >= 4 is 12.3 Å². The van der Waals surface area contributed by atoms with Gasteiger partial charge in [-0.05, 0) is 13.8 Å². The molecule has 0 saturated heterocycles. The third-order valence-corrected chi connectivity index (χ3v) is 1.47. The van der Waals surface area contributed by atoms with Gasteiger partial charge in [-0.2, -0.15) is 0 Å². The van der Waals surface area contributed by atoms with E-state index in [4.69, 9.17) is 10.5 Å². The Hall–Kier alpha value is -0.900. The summed E-state index contributed by atoms with van der Waals surface area (Å²) in [6.07, 6.45) is -0.0156. The van der Waals surface area contributed by atoms with Crippen LogP contribution in [0, 0.1) is 0 Å². The molecular formula is C7H13NO3. The Balaban J connectivity index is 4.11. The minimum Gasteiger partial charge on any atom is -0.460 e. The van der Waals surface area contributed by atoms with Gasteiger partial charge in [-0.1, -0.05) is 0 Å². The van der Waals surface area contributed by atoms with E-state index in [1.54, 1.807) is 6.92 Å². The van der Waals surface area contributed by atoms with E-state index in [9.17, 15) is 9.59 Å². The summed E-state index contributed by atoms with van der Waals surface area (Å²) in [5, 5.41) is 0. The average Bonchev–Trinajstić information content (AvgIpc) is 1.86. The third-order valence-electron chi connectivity index (χ3n) is 1.47. The number of hydrogen-bond acceptors (Lipinski definition) is 4. The van der Waals surface area contributed by atoms with Gasteiger partial charge in [0.1, 0.15) is 17.9 Å². The second kappa shape index (κ2) is 3.48. The van der Waals surface area contributed by atoms with E-state index in [0.29, 0.717) is 6.29 Å². The van der Waals surface area contributed by atoms with Crippen LogP contribution in [0.2, 0.25) is 0 Å². The first kappa shape index (κ1) is 10.1. The molecule has 0 heterocycles. The Labute approximate surface area is 65.7 Å². The highest BCUT2D eigenvalue weighted by Crippen LogP contribution is 2.06. The summed E-state index contributed by atoms with van der Waals surface area (Å²) < 4.78 is 4.71. The predicted molar refractivity (Wildman–Crippen MR) is 39.9 cm³/mol. The molecule has 0 spiro atoms. The van der Waals surface area contributed by atoms with Crippen LogP contribution in [-0.2, 0) is 14.3 Å². The smallest absolute Gasteiger partial charge is 0.302 e. The number of carbonyl (C=O) groups is 2. The molecule has 2 atom stereocenters. The van der Waals surface area contributed by atoms with Gasteiger partial charge in [0.25, 0.3) is 0 Å². The van der Waals surface area contributed by atoms with Crippen molar-refractivity contribution in [2.24, 2.45) is 5.73 Å². The maximum atomic E-state index is 10.4. The molecular weight excluding hydrogens is 146 g/mol. The number of esters is 1. The fourth-order valence-corrected chi connectivity index (χ4v) is 0.472. The van der Waals surface area contributed by atoms with Gasteiger partial charge in [0.05, 0.1) is 0 Å². The first-order valence-corrected chi connectivity index (χ1v) is 3.32. The Morgan fingerprint density at radius 2 is 2.18 bits per heavy atom. The molecule has 2 N–H and O–H groups in total. The van der Waals surface area contributed by atoms with E-state index < -0.39 is 17.6 Å². The van der Waals surface area contributed by atoms with Gasteiger partial charge in [0.15, 0.2) is 0 Å². The normalized spacial score (nSPS) is 18.2. The Morgan fingerprint density at radius 3 is 2.45 bits per heavy atom. The van der Waals surface area contributed by atoms with Crippen molar-refractivity contribution in [2.45, 2.75) is 32.4 Å². The van der Waals surface area contributed by atoms with E-state index in [2.05, 4.69) is 0 Å². The van der Waals surface area contributed by atoms with Gasteiger partial charge in [-0.15, -0.1) is 0 Å². The van der Waals surface area contributed by atoms with Crippen molar-refractivity contribution in [1.29, 1.82) is 0 Å². The van der Waals surface area contributed by atoms with Crippen LogP contribution >= 0.6 is 0 Å². The standard InChI is InChI=1S/C7H13NO3/c1-5(11-6(2)10)7(3,8)4-9/h4-5H,8H2,1-3H3/t5-,7+/m1/s1. The molecule has 0 aromatic heterocycles. The van der Waals surface area contributed by atoms with Crippen LogP contribution in [0.5, 0.6) is 0 Å². The molecule has 0 rings (SSSR count). The van der Waals surface area contributed by atoms with Crippen LogP contribution in [0.3, 0.4) is 0 Å². The summed E-state index contributed by atoms with van der Waals surface area (Å²) in [6, 6.07) is 0. The monoisotopic (exact) mass is 159 g/mol. The second-order valence-corrected chi connectivity index (χ2v) is 2.74. The number of nitrogens with two attached hydrogens (primary N) is 1. The minimum atomic E-state index is -1.09. The van der Waals surface area contributed by atoms with Crippen molar-refractivity contribution in [3.05, 3.63) is 0 Å². The van der Waals surface area contributed by atoms with Crippen molar-refractivity contribution in [1.82, 2.24) is 0 Å². The molecule has 4 nitrogen and oxygen atoms in total. The molecule has 0 radical (unpaired) electrons. The Bertz CT molecular complexity index is 165. The van der Waals surface area contributed by atoms with Crippen LogP contribution in [0.4, 0.5) is 0 Å². The van der Waals surface area contributed by atoms with E-state index >= 15 is 0 Å². The van der Waals surface area contributed by atoms with E-state index in [1.807, 2.05) is 0 Å². The van der Waals surface area contributed by atoms with Crippen molar-refractivity contribution < 1.29 is 14.3 Å². The van der Waals surface area contributed by atoms with Crippen LogP contribution in [0.1, 0.15) is 20.8 Å². The molecule has 0 aliphatic rings. The fraction of sp³-hybridized carbons (Fsp3) is 0.714. The quantitative estimate of drug-likeness (QED) is 0.459. The molecule has 0 unspecified atom stereocenters. The van der Waals surface area contributed by atoms with Crippen LogP contribution in [-0.4, -0.2) is 23.9 Å². The maximum absolute atomic E-state index is 10.4. The molecule has 4 heteroatoms. The summed E-state index contributed by atoms with van der Waals surface area (Å²) in [5.41, 5.74) is 4.37. The lowest BCUT2D eigenvalue weighted by atomic mass is 10.00. The highest BCUT2D eigenvalue weighted by molar-refractivity contribution is 5.69. The van der Waals surface area contributed by atoms with Crippen molar-refractivity contribution in [2.75, 3.05) is 0 Å². The second-order valence-electron chi connectivity index (χ2n) is 2.74. The van der Waals surface area contributed by atoms with Gasteiger partial charge in [-0.25, -0.2) is 0 Å². The van der Waals surface area contributed by atoms with Crippen LogP contribution in [0.15, 0.2) is 0 Å². The van der Waals surface area contributed by atoms with Crippen molar-refractivity contribution in [3.8, 4) is 0 Å². The Kier molecular flexibility index (Phi) is 3.19. The molecule has 0 bridgehead atoms. The molecule has 0 aliphatic carbocycles. The third kappa shape index (κ3) is 3.13. The molecule has 0 fully saturated rings. The van der Waals surface area contributed by atoms with Gasteiger partial charge in [0, 0.05) is 6.92 Å². The zero-order valence-electron chi connectivity index (χ0n) is 6.96. The first-order valence-electron chi connectivity index (χ1n) is 3.32. The van der Waals surface area contributed by atoms with Gasteiger partial charge in [-0.3, -0.25) is 4.79 Å². The number of aldehydes is 1. The van der Waals surface area contributed by atoms with Gasteiger partial charge in [0.2, 0.25) is 0 Å². The number of rotatable bonds is 3.